The first-order valence-corrected chi connectivity index (χ1v) is 23.5. The average Bonchev–Trinajstić information content (AvgIpc) is 3.89. The predicted molar refractivity (Wildman–Crippen MR) is 255 cm³/mol. The third-order valence-electron chi connectivity index (χ3n) is 15.1. The first kappa shape index (κ1) is 43.5. The number of aromatic amines is 2. The van der Waals surface area contributed by atoms with Gasteiger partial charge < -0.3 is 34.6 Å². The number of aromatic nitrogens is 3. The van der Waals surface area contributed by atoms with Crippen molar-refractivity contribution in [1.82, 2.24) is 34.6 Å². The molecular formula is C54H58FN7O5. The number of halogens is 1. The molecular weight excluding hydrogens is 846 g/mol. The number of nitrogens with zero attached hydrogens (tertiary/aromatic N) is 5. The highest BCUT2D eigenvalue weighted by Gasteiger charge is 2.54. The Morgan fingerprint density at radius 2 is 1.39 bits per heavy atom. The molecule has 2 saturated heterocycles. The molecule has 13 heteroatoms. The second-order valence-corrected chi connectivity index (χ2v) is 19.5. The zero-order valence-electron chi connectivity index (χ0n) is 38.4. The van der Waals surface area contributed by atoms with Gasteiger partial charge in [-0.05, 0) is 88.8 Å². The van der Waals surface area contributed by atoms with E-state index in [1.807, 2.05) is 48.4 Å². The summed E-state index contributed by atoms with van der Waals surface area (Å²) in [6.45, 7) is 10.7. The van der Waals surface area contributed by atoms with Crippen LogP contribution in [0.3, 0.4) is 0 Å². The molecule has 11 rings (SSSR count). The first-order chi connectivity index (χ1) is 32.6. The summed E-state index contributed by atoms with van der Waals surface area (Å²) in [5.74, 6) is 1.42. The number of hydrogen-bond acceptors (Lipinski definition) is 9. The van der Waals surface area contributed by atoms with Crippen molar-refractivity contribution in [2.24, 2.45) is 0 Å². The van der Waals surface area contributed by atoms with Gasteiger partial charge in [0.15, 0.2) is 0 Å². The fourth-order valence-electron chi connectivity index (χ4n) is 12.0. The van der Waals surface area contributed by atoms with Crippen LogP contribution in [0.4, 0.5) is 4.39 Å². The van der Waals surface area contributed by atoms with E-state index in [1.165, 1.54) is 17.2 Å². The van der Waals surface area contributed by atoms with Crippen LogP contribution in [0.1, 0.15) is 75.9 Å². The number of pyridine rings is 1. The lowest BCUT2D eigenvalue weighted by Gasteiger charge is -2.56. The molecule has 4 aliphatic heterocycles. The van der Waals surface area contributed by atoms with E-state index in [-0.39, 0.29) is 47.9 Å². The Morgan fingerprint density at radius 3 is 1.99 bits per heavy atom. The maximum absolute atomic E-state index is 14.4. The number of H-pyrrole nitrogens is 2. The first-order valence-electron chi connectivity index (χ1n) is 23.5. The van der Waals surface area contributed by atoms with E-state index >= 15 is 0 Å². The second kappa shape index (κ2) is 17.2. The number of aliphatic hydroxyl groups is 2. The zero-order chi connectivity index (χ0) is 46.0. The number of amides is 1. The number of ether oxygens (including phenoxy) is 2. The van der Waals surface area contributed by atoms with Crippen molar-refractivity contribution < 1.29 is 28.9 Å². The van der Waals surface area contributed by atoms with Crippen LogP contribution in [0.5, 0.6) is 11.5 Å². The SMILES string of the molecule is CCC(=O)N1CC2(C1)CN(Cc1ccc(COc3ccc4c5c([nH]c4c3)C(CO)N(Cc3cccc(F)c3)CC53CN(Cc4ccccn4)C3)c(C)c1)C(CO)c1[nH]c3cc(OC)ccc3c12. The normalized spacial score (nSPS) is 19.9. The van der Waals surface area contributed by atoms with E-state index in [1.54, 1.807) is 19.2 Å². The molecule has 67 heavy (non-hydrogen) atoms. The number of hydrogen-bond donors (Lipinski definition) is 4. The number of rotatable bonds is 13. The summed E-state index contributed by atoms with van der Waals surface area (Å²) < 4.78 is 26.5. The van der Waals surface area contributed by atoms with Gasteiger partial charge in [-0.1, -0.05) is 43.3 Å². The molecule has 2 fully saturated rings. The Balaban J connectivity index is 0.829. The fourth-order valence-corrected chi connectivity index (χ4v) is 12.0. The Bertz CT molecular complexity index is 2980. The number of aliphatic hydroxyl groups excluding tert-OH is 2. The molecule has 2 spiro atoms. The third-order valence-corrected chi connectivity index (χ3v) is 15.1. The van der Waals surface area contributed by atoms with Gasteiger partial charge in [-0.3, -0.25) is 24.5 Å². The minimum atomic E-state index is -0.280. The maximum Gasteiger partial charge on any atom is 0.222 e. The number of likely N-dealkylation sites (tertiary alicyclic amines) is 2. The molecule has 0 saturated carbocycles. The Morgan fingerprint density at radius 1 is 0.746 bits per heavy atom. The minimum absolute atomic E-state index is 0.0388. The Hall–Kier alpha value is -6.09. The van der Waals surface area contributed by atoms with E-state index in [2.05, 4.69) is 85.1 Å². The standard InChI is InChI=1S/C54H58FN7O5/c1-4-48(65)62-32-54(33-62)31-61(47(26-64)52-50(54)42-15-13-40(66-3)20-44(42)57-52)23-36-11-12-37(34(2)18-36)27-67-41-14-16-43-45(21-41)58-51-46(25-63)60(22-35-8-7-9-38(55)19-35)30-53(49(43)51)28-59(29-53)24-39-10-5-6-17-56-39/h5-21,46-47,57-58,63-64H,4,22-33H2,1-3H3. The Kier molecular flexibility index (Phi) is 11.2. The molecule has 4 aliphatic rings. The lowest BCUT2D eigenvalue weighted by atomic mass is 9.68. The highest BCUT2D eigenvalue weighted by atomic mass is 19.1. The number of carbonyl (C=O) groups is 1. The smallest absolute Gasteiger partial charge is 0.222 e. The summed E-state index contributed by atoms with van der Waals surface area (Å²) in [6, 6.07) is 31.2. The van der Waals surface area contributed by atoms with Crippen LogP contribution >= 0.6 is 0 Å². The molecule has 4 N–H and O–H groups in total. The topological polar surface area (TPSA) is 133 Å². The molecule has 7 heterocycles. The molecule has 0 bridgehead atoms. The van der Waals surface area contributed by atoms with Crippen molar-refractivity contribution in [3.8, 4) is 11.5 Å². The monoisotopic (exact) mass is 903 g/mol. The van der Waals surface area contributed by atoms with Crippen LogP contribution < -0.4 is 9.47 Å². The summed E-state index contributed by atoms with van der Waals surface area (Å²) in [6.07, 6.45) is 2.32. The van der Waals surface area contributed by atoms with Gasteiger partial charge in [0.2, 0.25) is 5.91 Å². The molecule has 2 atom stereocenters. The number of carbonyl (C=O) groups excluding carboxylic acids is 1. The van der Waals surface area contributed by atoms with Crippen LogP contribution in [-0.4, -0.2) is 110 Å². The molecule has 2 unspecified atom stereocenters. The van der Waals surface area contributed by atoms with Gasteiger partial charge in [-0.15, -0.1) is 0 Å². The van der Waals surface area contributed by atoms with E-state index in [9.17, 15) is 19.4 Å². The highest BCUT2D eigenvalue weighted by molar-refractivity contribution is 5.89. The molecule has 1 amide bonds. The van der Waals surface area contributed by atoms with E-state index in [0.717, 1.165) is 105 Å². The van der Waals surface area contributed by atoms with Crippen molar-refractivity contribution in [1.29, 1.82) is 0 Å². The molecule has 0 radical (unpaired) electrons. The number of fused-ring (bicyclic) bond motifs is 8. The minimum Gasteiger partial charge on any atom is -0.497 e. The van der Waals surface area contributed by atoms with E-state index in [4.69, 9.17) is 9.47 Å². The lowest BCUT2D eigenvalue weighted by molar-refractivity contribution is -0.140. The van der Waals surface area contributed by atoms with Crippen LogP contribution in [0, 0.1) is 12.7 Å². The van der Waals surface area contributed by atoms with E-state index in [0.29, 0.717) is 39.2 Å². The molecule has 4 aromatic carbocycles. The lowest BCUT2D eigenvalue weighted by Crippen LogP contribution is -2.67. The van der Waals surface area contributed by atoms with Crippen molar-refractivity contribution in [2.75, 3.05) is 59.6 Å². The summed E-state index contributed by atoms with van der Waals surface area (Å²) in [5.41, 5.74) is 11.2. The Labute approximate surface area is 389 Å². The molecule has 346 valence electrons. The molecule has 12 nitrogen and oxygen atoms in total. The van der Waals surface area contributed by atoms with Crippen LogP contribution in [-0.2, 0) is 41.9 Å². The summed E-state index contributed by atoms with van der Waals surface area (Å²) >= 11 is 0. The molecule has 3 aromatic heterocycles. The second-order valence-electron chi connectivity index (χ2n) is 19.5. The van der Waals surface area contributed by atoms with Gasteiger partial charge >= 0.3 is 0 Å². The van der Waals surface area contributed by atoms with Crippen molar-refractivity contribution >= 4 is 27.7 Å². The third kappa shape index (κ3) is 7.66. The van der Waals surface area contributed by atoms with Crippen molar-refractivity contribution in [3.05, 3.63) is 160 Å². The zero-order valence-corrected chi connectivity index (χ0v) is 38.4. The highest BCUT2D eigenvalue weighted by Crippen LogP contribution is 2.51. The summed E-state index contributed by atoms with van der Waals surface area (Å²) in [7, 11) is 1.67. The van der Waals surface area contributed by atoms with E-state index < -0.39 is 0 Å². The van der Waals surface area contributed by atoms with Crippen LogP contribution in [0.15, 0.2) is 103 Å². The van der Waals surface area contributed by atoms with Gasteiger partial charge in [0, 0.05) is 128 Å². The maximum atomic E-state index is 14.4. The quantitative estimate of drug-likeness (QED) is 0.0934. The molecule has 0 aliphatic carbocycles. The molecule has 7 aromatic rings. The van der Waals surface area contributed by atoms with Gasteiger partial charge in [0.1, 0.15) is 23.9 Å². The van der Waals surface area contributed by atoms with Crippen molar-refractivity contribution in [3.63, 3.8) is 0 Å². The average molecular weight is 904 g/mol. The van der Waals surface area contributed by atoms with Gasteiger partial charge in [0.05, 0.1) is 38.1 Å². The number of benzene rings is 4. The van der Waals surface area contributed by atoms with Crippen LogP contribution in [0.25, 0.3) is 21.8 Å². The largest absolute Gasteiger partial charge is 0.497 e. The van der Waals surface area contributed by atoms with Gasteiger partial charge in [-0.2, -0.15) is 0 Å². The number of aryl methyl sites for hydroxylation is 1. The predicted octanol–water partition coefficient (Wildman–Crippen LogP) is 7.42. The fraction of sp³-hybridized carbons (Fsp3) is 0.370. The van der Waals surface area contributed by atoms with Gasteiger partial charge in [-0.25, -0.2) is 4.39 Å². The van der Waals surface area contributed by atoms with Crippen LogP contribution in [0.2, 0.25) is 0 Å². The number of nitrogens with one attached hydrogen (secondary N) is 2. The van der Waals surface area contributed by atoms with Gasteiger partial charge in [0.25, 0.3) is 0 Å². The summed E-state index contributed by atoms with van der Waals surface area (Å²) in [4.78, 5) is 33.9. The summed E-state index contributed by atoms with van der Waals surface area (Å²) in [5, 5.41) is 24.1. The van der Waals surface area contributed by atoms with Crippen molar-refractivity contribution in [2.45, 2.75) is 69.4 Å². The number of methoxy groups -OCH3 is 1.